The molecule has 0 radical (unpaired) electrons. The number of carbonyl (C=O) groups excluding carboxylic acids is 3. The average molecular weight is 430 g/mol. The van der Waals surface area contributed by atoms with Crippen molar-refractivity contribution in [3.63, 3.8) is 0 Å². The molecule has 0 bridgehead atoms. The van der Waals surface area contributed by atoms with Gasteiger partial charge in [-0.1, -0.05) is 24.3 Å². The smallest absolute Gasteiger partial charge is 0.407 e. The molecule has 3 amide bonds. The molecule has 0 fully saturated rings. The van der Waals surface area contributed by atoms with Crippen molar-refractivity contribution in [2.45, 2.75) is 44.2 Å². The van der Waals surface area contributed by atoms with E-state index in [0.717, 1.165) is 5.56 Å². The molecular formula is C22H27N3O4S. The second-order valence-electron chi connectivity index (χ2n) is 7.63. The van der Waals surface area contributed by atoms with E-state index in [9.17, 15) is 14.4 Å². The molecule has 2 aromatic rings. The average Bonchev–Trinajstić information content (AvgIpc) is 2.65. The molecule has 0 spiro atoms. The van der Waals surface area contributed by atoms with E-state index >= 15 is 0 Å². The predicted octanol–water partition coefficient (Wildman–Crippen LogP) is 3.76. The van der Waals surface area contributed by atoms with E-state index < -0.39 is 11.7 Å². The molecule has 0 heterocycles. The van der Waals surface area contributed by atoms with Crippen LogP contribution in [0.5, 0.6) is 0 Å². The summed E-state index contributed by atoms with van der Waals surface area (Å²) in [5.41, 5.74) is 1.36. The Balaban J connectivity index is 1.81. The summed E-state index contributed by atoms with van der Waals surface area (Å²) in [4.78, 5) is 36.6. The first kappa shape index (κ1) is 23.3. The van der Waals surface area contributed by atoms with E-state index in [0.29, 0.717) is 22.7 Å². The maximum Gasteiger partial charge on any atom is 0.407 e. The van der Waals surface area contributed by atoms with Gasteiger partial charge in [0.2, 0.25) is 5.91 Å². The summed E-state index contributed by atoms with van der Waals surface area (Å²) in [6, 6.07) is 14.2. The summed E-state index contributed by atoms with van der Waals surface area (Å²) in [6.45, 7) is 5.79. The van der Waals surface area contributed by atoms with Gasteiger partial charge in [-0.15, -0.1) is 12.6 Å². The van der Waals surface area contributed by atoms with E-state index in [4.69, 9.17) is 4.74 Å². The van der Waals surface area contributed by atoms with Crippen molar-refractivity contribution in [3.05, 3.63) is 59.7 Å². The lowest BCUT2D eigenvalue weighted by atomic mass is 10.1. The number of anilines is 1. The van der Waals surface area contributed by atoms with Crippen molar-refractivity contribution in [2.24, 2.45) is 0 Å². The van der Waals surface area contributed by atoms with Crippen molar-refractivity contribution in [2.75, 3.05) is 11.9 Å². The number of thiol groups is 1. The number of hydrogen-bond acceptors (Lipinski definition) is 5. The monoisotopic (exact) mass is 429 g/mol. The van der Waals surface area contributed by atoms with E-state index in [1.807, 2.05) is 12.1 Å². The number of rotatable bonds is 7. The predicted molar refractivity (Wildman–Crippen MR) is 119 cm³/mol. The summed E-state index contributed by atoms with van der Waals surface area (Å²) >= 11 is 4.29. The lowest BCUT2D eigenvalue weighted by Crippen LogP contribution is -2.34. The van der Waals surface area contributed by atoms with Gasteiger partial charge in [0.05, 0.1) is 5.56 Å². The summed E-state index contributed by atoms with van der Waals surface area (Å²) < 4.78 is 5.12. The molecule has 8 heteroatoms. The standard InChI is InChI=1S/C22H27N3O4S/c1-22(2,3)29-21(28)23-12-11-19(26)25-16-8-6-7-15(13-16)14-24-20(27)17-9-4-5-10-18(17)30/h4-10,13,30H,11-12,14H2,1-3H3,(H,23,28)(H,24,27)(H,25,26). The van der Waals surface area contributed by atoms with Gasteiger partial charge in [0.1, 0.15) is 5.60 Å². The van der Waals surface area contributed by atoms with Crippen LogP contribution < -0.4 is 16.0 Å². The Morgan fingerprint density at radius 2 is 1.73 bits per heavy atom. The highest BCUT2D eigenvalue weighted by Crippen LogP contribution is 2.14. The minimum Gasteiger partial charge on any atom is -0.444 e. The fraction of sp³-hybridized carbons (Fsp3) is 0.318. The number of hydrogen-bond donors (Lipinski definition) is 4. The molecule has 2 aromatic carbocycles. The summed E-state index contributed by atoms with van der Waals surface area (Å²) in [5, 5.41) is 8.16. The van der Waals surface area contributed by atoms with Gasteiger partial charge < -0.3 is 20.7 Å². The van der Waals surface area contributed by atoms with E-state index in [1.54, 1.807) is 57.2 Å². The minimum absolute atomic E-state index is 0.110. The van der Waals surface area contributed by atoms with Crippen LogP contribution in [-0.4, -0.2) is 30.1 Å². The molecular weight excluding hydrogens is 402 g/mol. The first-order valence-electron chi connectivity index (χ1n) is 9.56. The van der Waals surface area contributed by atoms with Crippen LogP contribution >= 0.6 is 12.6 Å². The Morgan fingerprint density at radius 3 is 2.43 bits per heavy atom. The van der Waals surface area contributed by atoms with Gasteiger partial charge in [-0.2, -0.15) is 0 Å². The third-order valence-corrected chi connectivity index (χ3v) is 4.22. The second kappa shape index (κ2) is 10.7. The molecule has 0 atom stereocenters. The van der Waals surface area contributed by atoms with Crippen molar-refractivity contribution in [1.82, 2.24) is 10.6 Å². The third-order valence-electron chi connectivity index (χ3n) is 3.83. The molecule has 30 heavy (non-hydrogen) atoms. The number of nitrogens with one attached hydrogen (secondary N) is 3. The summed E-state index contributed by atoms with van der Waals surface area (Å²) in [7, 11) is 0. The molecule has 0 aliphatic heterocycles. The van der Waals surface area contributed by atoms with Crippen molar-refractivity contribution < 1.29 is 19.1 Å². The van der Waals surface area contributed by atoms with Gasteiger partial charge in [0.25, 0.3) is 5.91 Å². The molecule has 7 nitrogen and oxygen atoms in total. The van der Waals surface area contributed by atoms with Crippen LogP contribution in [0.15, 0.2) is 53.4 Å². The normalized spacial score (nSPS) is 10.8. The number of benzene rings is 2. The Bertz CT molecular complexity index is 909. The zero-order valence-corrected chi connectivity index (χ0v) is 18.2. The molecule has 3 N–H and O–H groups in total. The van der Waals surface area contributed by atoms with Crippen molar-refractivity contribution in [3.8, 4) is 0 Å². The third kappa shape index (κ3) is 8.16. The van der Waals surface area contributed by atoms with Gasteiger partial charge in [-0.05, 0) is 50.6 Å². The van der Waals surface area contributed by atoms with Crippen LogP contribution in [-0.2, 0) is 16.1 Å². The number of carbonyl (C=O) groups is 3. The second-order valence-corrected chi connectivity index (χ2v) is 8.11. The maximum absolute atomic E-state index is 12.3. The first-order valence-corrected chi connectivity index (χ1v) is 10.0. The lowest BCUT2D eigenvalue weighted by Gasteiger charge is -2.19. The van der Waals surface area contributed by atoms with Crippen LogP contribution in [0.1, 0.15) is 43.1 Å². The molecule has 0 aliphatic carbocycles. The van der Waals surface area contributed by atoms with E-state index in [-0.39, 0.29) is 24.8 Å². The van der Waals surface area contributed by atoms with Crippen LogP contribution in [0, 0.1) is 0 Å². The zero-order chi connectivity index (χ0) is 22.1. The van der Waals surface area contributed by atoms with Gasteiger partial charge in [0.15, 0.2) is 0 Å². The number of ether oxygens (including phenoxy) is 1. The lowest BCUT2D eigenvalue weighted by molar-refractivity contribution is -0.116. The molecule has 160 valence electrons. The van der Waals surface area contributed by atoms with Gasteiger partial charge in [0, 0.05) is 30.1 Å². The van der Waals surface area contributed by atoms with Gasteiger partial charge >= 0.3 is 6.09 Å². The molecule has 0 unspecified atom stereocenters. The van der Waals surface area contributed by atoms with Crippen LogP contribution in [0.25, 0.3) is 0 Å². The SMILES string of the molecule is CC(C)(C)OC(=O)NCCC(=O)Nc1cccc(CNC(=O)c2ccccc2S)c1. The highest BCUT2D eigenvalue weighted by molar-refractivity contribution is 7.80. The molecule has 0 saturated heterocycles. The highest BCUT2D eigenvalue weighted by atomic mass is 32.1. The largest absolute Gasteiger partial charge is 0.444 e. The quantitative estimate of drug-likeness (QED) is 0.504. The van der Waals surface area contributed by atoms with Crippen molar-refractivity contribution >= 4 is 36.2 Å². The minimum atomic E-state index is -0.586. The maximum atomic E-state index is 12.3. The highest BCUT2D eigenvalue weighted by Gasteiger charge is 2.16. The zero-order valence-electron chi connectivity index (χ0n) is 17.3. The van der Waals surface area contributed by atoms with E-state index in [2.05, 4.69) is 28.6 Å². The first-order chi connectivity index (χ1) is 14.1. The fourth-order valence-electron chi connectivity index (χ4n) is 2.52. The van der Waals surface area contributed by atoms with Gasteiger partial charge in [-0.3, -0.25) is 9.59 Å². The number of alkyl carbamates (subject to hydrolysis) is 1. The molecule has 0 saturated carbocycles. The van der Waals surface area contributed by atoms with Gasteiger partial charge in [-0.25, -0.2) is 4.79 Å². The van der Waals surface area contributed by atoms with Crippen LogP contribution in [0.4, 0.5) is 10.5 Å². The van der Waals surface area contributed by atoms with Crippen LogP contribution in [0.3, 0.4) is 0 Å². The van der Waals surface area contributed by atoms with Crippen LogP contribution in [0.2, 0.25) is 0 Å². The fourth-order valence-corrected chi connectivity index (χ4v) is 2.78. The molecule has 0 aromatic heterocycles. The Kier molecular flexibility index (Phi) is 8.29. The Morgan fingerprint density at radius 1 is 1.00 bits per heavy atom. The van der Waals surface area contributed by atoms with E-state index in [1.165, 1.54) is 0 Å². The van der Waals surface area contributed by atoms with Crippen molar-refractivity contribution in [1.29, 1.82) is 0 Å². The molecule has 0 aliphatic rings. The number of amides is 3. The Hall–Kier alpha value is -3.00. The summed E-state index contributed by atoms with van der Waals surface area (Å²) in [6.07, 6.45) is -0.449. The molecule has 2 rings (SSSR count). The summed E-state index contributed by atoms with van der Waals surface area (Å²) in [5.74, 6) is -0.459. The topological polar surface area (TPSA) is 96.5 Å². The Labute approximate surface area is 182 Å².